The fourth-order valence-corrected chi connectivity index (χ4v) is 2.65. The molecule has 0 saturated carbocycles. The summed E-state index contributed by atoms with van der Waals surface area (Å²) in [6.07, 6.45) is 4.76. The number of aliphatic hydroxyl groups excluding tert-OH is 1. The molecule has 3 heterocycles. The zero-order valence-corrected chi connectivity index (χ0v) is 11.3. The molecule has 1 aliphatic heterocycles. The van der Waals surface area contributed by atoms with Crippen LogP contribution >= 0.6 is 0 Å². The number of carboxylic acid groups (broad SMARTS) is 1. The van der Waals surface area contributed by atoms with Gasteiger partial charge in [-0.15, -0.1) is 0 Å². The van der Waals surface area contributed by atoms with Gasteiger partial charge in [-0.2, -0.15) is 0 Å². The van der Waals surface area contributed by atoms with E-state index in [1.54, 1.807) is 4.40 Å². The van der Waals surface area contributed by atoms with Gasteiger partial charge in [0.15, 0.2) is 5.69 Å². The van der Waals surface area contributed by atoms with Crippen molar-refractivity contribution in [2.75, 3.05) is 18.0 Å². The van der Waals surface area contributed by atoms with E-state index in [1.165, 1.54) is 6.20 Å². The summed E-state index contributed by atoms with van der Waals surface area (Å²) in [4.78, 5) is 17.3. The Bertz CT molecular complexity index is 657. The number of rotatable bonds is 2. The fraction of sp³-hybridized carbons (Fsp3) is 0.429. The first kappa shape index (κ1) is 12.9. The standard InChI is InChI=1S/C14H17N3O3/c1-9-6-10(16-4-2-11(18)3-5-16)7-17-8-12(14(19)20)15-13(9)17/h6-8,11,18H,2-5H2,1H3,(H,19,20). The van der Waals surface area contributed by atoms with Crippen molar-refractivity contribution in [3.05, 3.63) is 29.7 Å². The van der Waals surface area contributed by atoms with E-state index in [9.17, 15) is 9.90 Å². The van der Waals surface area contributed by atoms with Crippen LogP contribution in [0.5, 0.6) is 0 Å². The molecule has 0 aliphatic carbocycles. The topological polar surface area (TPSA) is 78.1 Å². The van der Waals surface area contributed by atoms with Crippen LogP contribution in [0.4, 0.5) is 5.69 Å². The third-order valence-corrected chi connectivity index (χ3v) is 3.77. The molecular formula is C14H17N3O3. The quantitative estimate of drug-likeness (QED) is 0.863. The van der Waals surface area contributed by atoms with Crippen LogP contribution in [0.15, 0.2) is 18.5 Å². The van der Waals surface area contributed by atoms with Crippen molar-refractivity contribution in [1.29, 1.82) is 0 Å². The second kappa shape index (κ2) is 4.79. The van der Waals surface area contributed by atoms with E-state index in [4.69, 9.17) is 5.11 Å². The van der Waals surface area contributed by atoms with Crippen LogP contribution in [-0.4, -0.2) is 44.8 Å². The van der Waals surface area contributed by atoms with Crippen molar-refractivity contribution < 1.29 is 15.0 Å². The van der Waals surface area contributed by atoms with E-state index in [1.807, 2.05) is 19.2 Å². The van der Waals surface area contributed by atoms with Crippen molar-refractivity contribution in [3.63, 3.8) is 0 Å². The number of carbonyl (C=O) groups is 1. The van der Waals surface area contributed by atoms with E-state index < -0.39 is 5.97 Å². The minimum atomic E-state index is -1.02. The van der Waals surface area contributed by atoms with E-state index in [0.29, 0.717) is 5.65 Å². The van der Waals surface area contributed by atoms with Crippen molar-refractivity contribution in [2.24, 2.45) is 0 Å². The number of nitrogens with zero attached hydrogens (tertiary/aromatic N) is 3. The third kappa shape index (κ3) is 2.22. The molecule has 2 aromatic heterocycles. The highest BCUT2D eigenvalue weighted by Crippen LogP contribution is 2.23. The van der Waals surface area contributed by atoms with Crippen LogP contribution in [0.2, 0.25) is 0 Å². The lowest BCUT2D eigenvalue weighted by Gasteiger charge is -2.31. The molecule has 6 heteroatoms. The van der Waals surface area contributed by atoms with Gasteiger partial charge in [0.25, 0.3) is 0 Å². The molecule has 0 radical (unpaired) electrons. The maximum absolute atomic E-state index is 11.0. The number of fused-ring (bicyclic) bond motifs is 1. The van der Waals surface area contributed by atoms with Crippen LogP contribution in [0.1, 0.15) is 28.9 Å². The lowest BCUT2D eigenvalue weighted by Crippen LogP contribution is -2.35. The molecule has 20 heavy (non-hydrogen) atoms. The Morgan fingerprint density at radius 2 is 2.05 bits per heavy atom. The Hall–Kier alpha value is -2.08. The first-order valence-corrected chi connectivity index (χ1v) is 6.70. The summed E-state index contributed by atoms with van der Waals surface area (Å²) in [5.74, 6) is -1.02. The van der Waals surface area contributed by atoms with Crippen molar-refractivity contribution in [3.8, 4) is 0 Å². The highest BCUT2D eigenvalue weighted by Gasteiger charge is 2.19. The van der Waals surface area contributed by atoms with Gasteiger partial charge in [-0.25, -0.2) is 9.78 Å². The Balaban J connectivity index is 1.98. The summed E-state index contributed by atoms with van der Waals surface area (Å²) in [6.45, 7) is 3.55. The highest BCUT2D eigenvalue weighted by atomic mass is 16.4. The smallest absolute Gasteiger partial charge is 0.356 e. The van der Waals surface area contributed by atoms with Crippen LogP contribution in [0.3, 0.4) is 0 Å². The molecular weight excluding hydrogens is 258 g/mol. The SMILES string of the molecule is Cc1cc(N2CCC(O)CC2)cn2cc(C(=O)O)nc12. The monoisotopic (exact) mass is 275 g/mol. The summed E-state index contributed by atoms with van der Waals surface area (Å²) in [5.41, 5.74) is 2.71. The molecule has 0 aromatic carbocycles. The second-order valence-electron chi connectivity index (χ2n) is 5.26. The lowest BCUT2D eigenvalue weighted by atomic mass is 10.1. The maximum Gasteiger partial charge on any atom is 0.356 e. The molecule has 0 bridgehead atoms. The number of anilines is 1. The third-order valence-electron chi connectivity index (χ3n) is 3.77. The van der Waals surface area contributed by atoms with Gasteiger partial charge in [0, 0.05) is 25.5 Å². The first-order valence-electron chi connectivity index (χ1n) is 6.70. The number of aryl methyl sites for hydroxylation is 1. The predicted molar refractivity (Wildman–Crippen MR) is 74.3 cm³/mol. The molecule has 1 aliphatic rings. The molecule has 0 amide bonds. The fourth-order valence-electron chi connectivity index (χ4n) is 2.65. The Morgan fingerprint density at radius 3 is 2.70 bits per heavy atom. The Morgan fingerprint density at radius 1 is 1.35 bits per heavy atom. The number of imidazole rings is 1. The second-order valence-corrected chi connectivity index (χ2v) is 5.26. The number of aliphatic hydroxyl groups is 1. The average Bonchev–Trinajstić information content (AvgIpc) is 2.84. The summed E-state index contributed by atoms with van der Waals surface area (Å²) >= 11 is 0. The van der Waals surface area contributed by atoms with Gasteiger partial charge in [-0.05, 0) is 31.4 Å². The molecule has 0 unspecified atom stereocenters. The molecule has 3 rings (SSSR count). The van der Waals surface area contributed by atoms with Crippen LogP contribution in [0, 0.1) is 6.92 Å². The molecule has 6 nitrogen and oxygen atoms in total. The number of hydrogen-bond donors (Lipinski definition) is 2. The molecule has 106 valence electrons. The first-order chi connectivity index (χ1) is 9.54. The number of piperidine rings is 1. The van der Waals surface area contributed by atoms with Gasteiger partial charge in [-0.3, -0.25) is 0 Å². The molecule has 0 atom stereocenters. The predicted octanol–water partition coefficient (Wildman–Crippen LogP) is 1.30. The van der Waals surface area contributed by atoms with E-state index in [-0.39, 0.29) is 11.8 Å². The van der Waals surface area contributed by atoms with Gasteiger partial charge in [0.05, 0.1) is 11.8 Å². The van der Waals surface area contributed by atoms with Gasteiger partial charge in [0.2, 0.25) is 0 Å². The number of carboxylic acids is 1. The molecule has 1 saturated heterocycles. The molecule has 2 N–H and O–H groups in total. The minimum Gasteiger partial charge on any atom is -0.476 e. The van der Waals surface area contributed by atoms with Gasteiger partial charge in [0.1, 0.15) is 5.65 Å². The summed E-state index contributed by atoms with van der Waals surface area (Å²) < 4.78 is 1.76. The maximum atomic E-state index is 11.0. The largest absolute Gasteiger partial charge is 0.476 e. The van der Waals surface area contributed by atoms with Crippen LogP contribution in [0.25, 0.3) is 5.65 Å². The molecule has 0 spiro atoms. The van der Waals surface area contributed by atoms with Crippen LogP contribution < -0.4 is 4.90 Å². The van der Waals surface area contributed by atoms with Crippen molar-refractivity contribution >= 4 is 17.3 Å². The highest BCUT2D eigenvalue weighted by molar-refractivity contribution is 5.86. The number of aromatic nitrogens is 2. The van der Waals surface area contributed by atoms with E-state index >= 15 is 0 Å². The minimum absolute atomic E-state index is 0.0549. The van der Waals surface area contributed by atoms with E-state index in [2.05, 4.69) is 9.88 Å². The Kier molecular flexibility index (Phi) is 3.10. The van der Waals surface area contributed by atoms with Gasteiger partial charge >= 0.3 is 5.97 Å². The molecule has 1 fully saturated rings. The summed E-state index contributed by atoms with van der Waals surface area (Å²) in [6, 6.07) is 2.02. The Labute approximate surface area is 116 Å². The van der Waals surface area contributed by atoms with Crippen molar-refractivity contribution in [2.45, 2.75) is 25.9 Å². The average molecular weight is 275 g/mol. The zero-order chi connectivity index (χ0) is 14.3. The number of hydrogen-bond acceptors (Lipinski definition) is 4. The normalized spacial score (nSPS) is 16.8. The number of aromatic carboxylic acids is 1. The molecule has 2 aromatic rings. The van der Waals surface area contributed by atoms with Gasteiger partial charge < -0.3 is 19.5 Å². The van der Waals surface area contributed by atoms with E-state index in [0.717, 1.165) is 37.2 Å². The summed E-state index contributed by atoms with van der Waals surface area (Å²) in [5, 5.41) is 18.6. The van der Waals surface area contributed by atoms with Gasteiger partial charge in [-0.1, -0.05) is 0 Å². The van der Waals surface area contributed by atoms with Crippen LogP contribution in [-0.2, 0) is 0 Å². The summed E-state index contributed by atoms with van der Waals surface area (Å²) in [7, 11) is 0. The lowest BCUT2D eigenvalue weighted by molar-refractivity contribution is 0.0691. The number of pyridine rings is 1. The zero-order valence-electron chi connectivity index (χ0n) is 11.3. The van der Waals surface area contributed by atoms with Crippen molar-refractivity contribution in [1.82, 2.24) is 9.38 Å².